The number of carbonyl (C=O) groups is 1. The van der Waals surface area contributed by atoms with Crippen molar-refractivity contribution in [1.82, 2.24) is 20.0 Å². The molecule has 6 nitrogen and oxygen atoms in total. The van der Waals surface area contributed by atoms with Crippen molar-refractivity contribution < 1.29 is 13.7 Å². The van der Waals surface area contributed by atoms with Crippen molar-refractivity contribution in [2.45, 2.75) is 18.8 Å². The Bertz CT molecular complexity index is 863. The lowest BCUT2D eigenvalue weighted by atomic mass is 9.96. The molecule has 4 rings (SSSR count). The van der Waals surface area contributed by atoms with Crippen LogP contribution in [0.1, 0.15) is 34.9 Å². The first kappa shape index (κ1) is 15.9. The van der Waals surface area contributed by atoms with E-state index in [2.05, 4.69) is 15.1 Å². The van der Waals surface area contributed by atoms with Crippen molar-refractivity contribution in [2.75, 3.05) is 13.1 Å². The molecule has 0 aliphatic carbocycles. The average Bonchev–Trinajstić information content (AvgIpc) is 3.33. The van der Waals surface area contributed by atoms with E-state index in [1.807, 2.05) is 5.38 Å². The van der Waals surface area contributed by atoms with E-state index in [-0.39, 0.29) is 17.6 Å². The summed E-state index contributed by atoms with van der Waals surface area (Å²) in [7, 11) is 0. The SMILES string of the molecule is O=C(c1ccc(F)cc1)N1CCCC(c2noc(-c3cscn3)n2)C1. The zero-order chi connectivity index (χ0) is 17.2. The van der Waals surface area contributed by atoms with E-state index in [4.69, 9.17) is 4.52 Å². The molecule has 0 saturated carbocycles. The number of carbonyl (C=O) groups excluding carboxylic acids is 1. The molecule has 1 unspecified atom stereocenters. The van der Waals surface area contributed by atoms with E-state index >= 15 is 0 Å². The number of thiazole rings is 1. The van der Waals surface area contributed by atoms with Gasteiger partial charge in [-0.15, -0.1) is 11.3 Å². The zero-order valence-electron chi connectivity index (χ0n) is 13.3. The third-order valence-corrected chi connectivity index (χ3v) is 4.84. The van der Waals surface area contributed by atoms with E-state index in [1.165, 1.54) is 35.6 Å². The Balaban J connectivity index is 1.49. The van der Waals surface area contributed by atoms with Crippen LogP contribution in [0.25, 0.3) is 11.6 Å². The Morgan fingerprint density at radius 2 is 2.16 bits per heavy atom. The second-order valence-electron chi connectivity index (χ2n) is 5.93. The van der Waals surface area contributed by atoms with E-state index in [1.54, 1.807) is 10.4 Å². The molecule has 3 heterocycles. The number of amides is 1. The van der Waals surface area contributed by atoms with Gasteiger partial charge in [-0.05, 0) is 37.1 Å². The van der Waals surface area contributed by atoms with Crippen molar-refractivity contribution in [1.29, 1.82) is 0 Å². The van der Waals surface area contributed by atoms with Gasteiger partial charge in [0.25, 0.3) is 11.8 Å². The summed E-state index contributed by atoms with van der Waals surface area (Å²) in [6.45, 7) is 1.19. The van der Waals surface area contributed by atoms with Crippen molar-refractivity contribution >= 4 is 17.2 Å². The van der Waals surface area contributed by atoms with Gasteiger partial charge in [0.1, 0.15) is 11.5 Å². The molecule has 1 fully saturated rings. The van der Waals surface area contributed by atoms with Crippen molar-refractivity contribution in [3.05, 3.63) is 52.4 Å². The van der Waals surface area contributed by atoms with Crippen LogP contribution in [-0.2, 0) is 0 Å². The normalized spacial score (nSPS) is 17.6. The molecule has 0 bridgehead atoms. The number of likely N-dealkylation sites (tertiary alicyclic amines) is 1. The minimum atomic E-state index is -0.352. The molecule has 8 heteroatoms. The fraction of sp³-hybridized carbons (Fsp3) is 0.294. The fourth-order valence-corrected chi connectivity index (χ4v) is 3.50. The van der Waals surface area contributed by atoms with Crippen LogP contribution in [0.15, 0.2) is 39.7 Å². The first-order valence-corrected chi connectivity index (χ1v) is 8.92. The Hall–Kier alpha value is -2.61. The number of rotatable bonds is 3. The number of hydrogen-bond acceptors (Lipinski definition) is 6. The van der Waals surface area contributed by atoms with Gasteiger partial charge in [0, 0.05) is 30.0 Å². The predicted octanol–water partition coefficient (Wildman–Crippen LogP) is 3.35. The summed E-state index contributed by atoms with van der Waals surface area (Å²) < 4.78 is 18.3. The Kier molecular flexibility index (Phi) is 4.27. The van der Waals surface area contributed by atoms with Gasteiger partial charge in [-0.1, -0.05) is 5.16 Å². The Morgan fingerprint density at radius 1 is 1.32 bits per heavy atom. The molecule has 0 N–H and O–H groups in total. The van der Waals surface area contributed by atoms with Gasteiger partial charge < -0.3 is 9.42 Å². The first-order valence-electron chi connectivity index (χ1n) is 7.98. The molecule has 25 heavy (non-hydrogen) atoms. The van der Waals surface area contributed by atoms with E-state index < -0.39 is 0 Å². The van der Waals surface area contributed by atoms with Crippen molar-refractivity contribution in [3.8, 4) is 11.6 Å². The maximum Gasteiger partial charge on any atom is 0.277 e. The molecule has 1 amide bonds. The van der Waals surface area contributed by atoms with Gasteiger partial charge in [-0.2, -0.15) is 4.98 Å². The van der Waals surface area contributed by atoms with Crippen LogP contribution >= 0.6 is 11.3 Å². The van der Waals surface area contributed by atoms with Crippen LogP contribution in [0.5, 0.6) is 0 Å². The van der Waals surface area contributed by atoms with Crippen LogP contribution in [0, 0.1) is 5.82 Å². The summed E-state index contributed by atoms with van der Waals surface area (Å²) in [5.74, 6) is 0.564. The molecule has 1 aliphatic heterocycles. The molecule has 2 aromatic heterocycles. The standard InChI is InChI=1S/C17H15FN4O2S/c18-13-5-3-11(4-6-13)17(23)22-7-1-2-12(8-22)15-20-16(24-21-15)14-9-25-10-19-14/h3-6,9-10,12H,1-2,7-8H2. The minimum Gasteiger partial charge on any atom is -0.338 e. The molecule has 1 saturated heterocycles. The number of hydrogen-bond donors (Lipinski definition) is 0. The summed E-state index contributed by atoms with van der Waals surface area (Å²) in [5, 5.41) is 5.91. The van der Waals surface area contributed by atoms with E-state index in [0.717, 1.165) is 12.8 Å². The van der Waals surface area contributed by atoms with Crippen molar-refractivity contribution in [2.24, 2.45) is 0 Å². The third-order valence-electron chi connectivity index (χ3n) is 4.26. The van der Waals surface area contributed by atoms with Crippen LogP contribution < -0.4 is 0 Å². The molecule has 1 atom stereocenters. The highest BCUT2D eigenvalue weighted by molar-refractivity contribution is 7.07. The van der Waals surface area contributed by atoms with Crippen LogP contribution in [0.3, 0.4) is 0 Å². The van der Waals surface area contributed by atoms with E-state index in [0.29, 0.717) is 36.1 Å². The lowest BCUT2D eigenvalue weighted by Gasteiger charge is -2.31. The molecule has 1 aliphatic rings. The summed E-state index contributed by atoms with van der Waals surface area (Å²) in [5.41, 5.74) is 2.86. The highest BCUT2D eigenvalue weighted by Crippen LogP contribution is 2.27. The summed E-state index contributed by atoms with van der Waals surface area (Å²) in [6.07, 6.45) is 1.75. The Labute approximate surface area is 147 Å². The second kappa shape index (κ2) is 6.72. The minimum absolute atomic E-state index is 0.0225. The van der Waals surface area contributed by atoms with Gasteiger partial charge >= 0.3 is 0 Å². The molecule has 0 spiro atoms. The summed E-state index contributed by atoms with van der Waals surface area (Å²) >= 11 is 1.46. The summed E-state index contributed by atoms with van der Waals surface area (Å²) in [6, 6.07) is 5.62. The fourth-order valence-electron chi connectivity index (χ4n) is 2.97. The highest BCUT2D eigenvalue weighted by Gasteiger charge is 2.29. The molecule has 128 valence electrons. The maximum absolute atomic E-state index is 13.0. The smallest absolute Gasteiger partial charge is 0.277 e. The van der Waals surface area contributed by atoms with Gasteiger partial charge in [0.2, 0.25) is 0 Å². The quantitative estimate of drug-likeness (QED) is 0.718. The predicted molar refractivity (Wildman–Crippen MR) is 89.7 cm³/mol. The van der Waals surface area contributed by atoms with Gasteiger partial charge in [0.05, 0.1) is 5.51 Å². The largest absolute Gasteiger partial charge is 0.338 e. The molecule has 1 aromatic carbocycles. The van der Waals surface area contributed by atoms with E-state index in [9.17, 15) is 9.18 Å². The average molecular weight is 358 g/mol. The monoisotopic (exact) mass is 358 g/mol. The zero-order valence-corrected chi connectivity index (χ0v) is 14.1. The molecule has 3 aromatic rings. The van der Waals surface area contributed by atoms with Crippen LogP contribution in [-0.4, -0.2) is 39.0 Å². The maximum atomic E-state index is 13.0. The third kappa shape index (κ3) is 3.30. The topological polar surface area (TPSA) is 72.1 Å². The van der Waals surface area contributed by atoms with Crippen LogP contribution in [0.4, 0.5) is 4.39 Å². The number of halogens is 1. The second-order valence-corrected chi connectivity index (χ2v) is 6.65. The summed E-state index contributed by atoms with van der Waals surface area (Å²) in [4.78, 5) is 23.0. The van der Waals surface area contributed by atoms with Gasteiger partial charge in [-0.25, -0.2) is 9.37 Å². The van der Waals surface area contributed by atoms with Crippen LogP contribution in [0.2, 0.25) is 0 Å². The number of piperidine rings is 1. The lowest BCUT2D eigenvalue weighted by molar-refractivity contribution is 0.0703. The first-order chi connectivity index (χ1) is 12.2. The van der Waals surface area contributed by atoms with Crippen molar-refractivity contribution in [3.63, 3.8) is 0 Å². The lowest BCUT2D eigenvalue weighted by Crippen LogP contribution is -2.39. The molecular weight excluding hydrogens is 343 g/mol. The Morgan fingerprint density at radius 3 is 2.92 bits per heavy atom. The molecule has 0 radical (unpaired) electrons. The number of nitrogens with zero attached hydrogens (tertiary/aromatic N) is 4. The number of benzene rings is 1. The number of aromatic nitrogens is 3. The molecular formula is C17H15FN4O2S. The van der Waals surface area contributed by atoms with Gasteiger partial charge in [0.15, 0.2) is 5.82 Å². The van der Waals surface area contributed by atoms with Gasteiger partial charge in [-0.3, -0.25) is 4.79 Å². The highest BCUT2D eigenvalue weighted by atomic mass is 32.1.